The van der Waals surface area contributed by atoms with Crippen LogP contribution in [0.5, 0.6) is 0 Å². The fourth-order valence-corrected chi connectivity index (χ4v) is 6.48. The van der Waals surface area contributed by atoms with E-state index in [0.29, 0.717) is 16.4 Å². The standard InChI is InChI=1S/C25H34ClN3O2S.ClH/c1-3-10-29(25(31)23-15-20-4-5-21(26)16-22(20)32-23)17-24(30)28-13-8-19(9-14-28)18-6-11-27(2)12-7-18;/h4-5,15-16,18-19H,3,6-14,17H2,1-2H3;1H. The first kappa shape index (κ1) is 26.3. The minimum atomic E-state index is -0.0567. The molecule has 0 aliphatic carbocycles. The number of piperidine rings is 2. The number of carbonyl (C=O) groups is 2. The molecular formula is C25H35Cl2N3O2S. The third-order valence-corrected chi connectivity index (χ3v) is 8.44. The number of thiophene rings is 1. The molecular weight excluding hydrogens is 477 g/mol. The highest BCUT2D eigenvalue weighted by molar-refractivity contribution is 7.20. The molecule has 4 rings (SSSR count). The van der Waals surface area contributed by atoms with Crippen molar-refractivity contribution >= 4 is 57.2 Å². The Labute approximate surface area is 212 Å². The lowest BCUT2D eigenvalue weighted by molar-refractivity contribution is -0.133. The van der Waals surface area contributed by atoms with Crippen molar-refractivity contribution in [2.24, 2.45) is 11.8 Å². The van der Waals surface area contributed by atoms with Gasteiger partial charge in [-0.2, -0.15) is 0 Å². The van der Waals surface area contributed by atoms with Crippen LogP contribution in [0.25, 0.3) is 10.1 Å². The Morgan fingerprint density at radius 3 is 2.33 bits per heavy atom. The highest BCUT2D eigenvalue weighted by Crippen LogP contribution is 2.32. The van der Waals surface area contributed by atoms with E-state index in [1.54, 1.807) is 4.90 Å². The zero-order valence-electron chi connectivity index (χ0n) is 19.6. The van der Waals surface area contributed by atoms with Gasteiger partial charge in [-0.15, -0.1) is 23.7 Å². The summed E-state index contributed by atoms with van der Waals surface area (Å²) in [5.74, 6) is 1.58. The van der Waals surface area contributed by atoms with Crippen molar-refractivity contribution in [1.29, 1.82) is 0 Å². The Balaban J connectivity index is 0.00000306. The van der Waals surface area contributed by atoms with Crippen LogP contribution in [0.15, 0.2) is 24.3 Å². The second kappa shape index (κ2) is 11.9. The van der Waals surface area contributed by atoms with E-state index in [4.69, 9.17) is 11.6 Å². The van der Waals surface area contributed by atoms with E-state index in [1.165, 1.54) is 37.3 Å². The van der Waals surface area contributed by atoms with Crippen LogP contribution in [0.2, 0.25) is 5.02 Å². The summed E-state index contributed by atoms with van der Waals surface area (Å²) in [6.45, 7) is 6.84. The fraction of sp³-hybridized carbons (Fsp3) is 0.600. The molecule has 0 atom stereocenters. The average Bonchev–Trinajstić information content (AvgIpc) is 3.22. The van der Waals surface area contributed by atoms with Gasteiger partial charge in [-0.3, -0.25) is 9.59 Å². The number of halogens is 2. The Hall–Kier alpha value is -1.34. The zero-order valence-corrected chi connectivity index (χ0v) is 22.0. The van der Waals surface area contributed by atoms with Gasteiger partial charge in [0.2, 0.25) is 5.91 Å². The van der Waals surface area contributed by atoms with E-state index in [-0.39, 0.29) is 30.8 Å². The Kier molecular flexibility index (Phi) is 9.45. The van der Waals surface area contributed by atoms with E-state index in [0.717, 1.165) is 54.3 Å². The number of benzene rings is 1. The minimum Gasteiger partial charge on any atom is -0.341 e. The summed E-state index contributed by atoms with van der Waals surface area (Å²) >= 11 is 7.55. The van der Waals surface area contributed by atoms with Crippen molar-refractivity contribution < 1.29 is 9.59 Å². The van der Waals surface area contributed by atoms with E-state index in [1.807, 2.05) is 36.1 Å². The molecule has 2 aliphatic rings. The predicted molar refractivity (Wildman–Crippen MR) is 140 cm³/mol. The van der Waals surface area contributed by atoms with Gasteiger partial charge in [0, 0.05) is 29.4 Å². The summed E-state index contributed by atoms with van der Waals surface area (Å²) in [6, 6.07) is 7.59. The van der Waals surface area contributed by atoms with Gasteiger partial charge in [0.15, 0.2) is 0 Å². The van der Waals surface area contributed by atoms with Crippen molar-refractivity contribution in [2.45, 2.75) is 39.0 Å². The van der Waals surface area contributed by atoms with Crippen LogP contribution in [-0.4, -0.2) is 72.8 Å². The summed E-state index contributed by atoms with van der Waals surface area (Å²) in [5, 5.41) is 1.68. The molecule has 2 saturated heterocycles. The lowest BCUT2D eigenvalue weighted by Gasteiger charge is -2.39. The predicted octanol–water partition coefficient (Wildman–Crippen LogP) is 5.41. The SMILES string of the molecule is CCCN(CC(=O)N1CCC(C2CCN(C)CC2)CC1)C(=O)c1cc2ccc(Cl)cc2s1.Cl. The lowest BCUT2D eigenvalue weighted by atomic mass is 9.79. The van der Waals surface area contributed by atoms with Crippen LogP contribution in [-0.2, 0) is 4.79 Å². The number of amides is 2. The first-order valence-corrected chi connectivity index (χ1v) is 13.1. The molecule has 0 unspecified atom stereocenters. The lowest BCUT2D eigenvalue weighted by Crippen LogP contribution is -2.47. The number of nitrogens with zero attached hydrogens (tertiary/aromatic N) is 3. The molecule has 2 fully saturated rings. The maximum Gasteiger partial charge on any atom is 0.264 e. The molecule has 0 N–H and O–H groups in total. The van der Waals surface area contributed by atoms with Crippen LogP contribution in [0.3, 0.4) is 0 Å². The highest BCUT2D eigenvalue weighted by Gasteiger charge is 2.31. The van der Waals surface area contributed by atoms with Crippen molar-refractivity contribution in [3.63, 3.8) is 0 Å². The van der Waals surface area contributed by atoms with Crippen molar-refractivity contribution in [3.8, 4) is 0 Å². The summed E-state index contributed by atoms with van der Waals surface area (Å²) in [5.41, 5.74) is 0. The Morgan fingerprint density at radius 1 is 1.06 bits per heavy atom. The van der Waals surface area contributed by atoms with Gasteiger partial charge in [0.1, 0.15) is 6.54 Å². The van der Waals surface area contributed by atoms with Crippen molar-refractivity contribution in [2.75, 3.05) is 46.3 Å². The van der Waals surface area contributed by atoms with Gasteiger partial charge in [-0.25, -0.2) is 0 Å². The molecule has 33 heavy (non-hydrogen) atoms. The normalized spacial score (nSPS) is 18.3. The van der Waals surface area contributed by atoms with Crippen LogP contribution in [0.1, 0.15) is 48.7 Å². The number of hydrogen-bond donors (Lipinski definition) is 0. The van der Waals surface area contributed by atoms with Crippen LogP contribution in [0.4, 0.5) is 0 Å². The maximum absolute atomic E-state index is 13.2. The third kappa shape index (κ3) is 6.41. The molecule has 0 bridgehead atoms. The van der Waals surface area contributed by atoms with Gasteiger partial charge < -0.3 is 14.7 Å². The number of likely N-dealkylation sites (tertiary alicyclic amines) is 2. The smallest absolute Gasteiger partial charge is 0.264 e. The van der Waals surface area contributed by atoms with Crippen LogP contribution in [0, 0.1) is 11.8 Å². The second-order valence-corrected chi connectivity index (χ2v) is 10.9. The molecule has 8 heteroatoms. The van der Waals surface area contributed by atoms with Crippen LogP contribution < -0.4 is 0 Å². The molecule has 0 saturated carbocycles. The first-order valence-electron chi connectivity index (χ1n) is 11.9. The van der Waals surface area contributed by atoms with Gasteiger partial charge in [-0.05, 0) is 87.7 Å². The summed E-state index contributed by atoms with van der Waals surface area (Å²) in [6.07, 6.45) is 5.59. The molecule has 182 valence electrons. The molecule has 1 aromatic carbocycles. The molecule has 1 aromatic heterocycles. The van der Waals surface area contributed by atoms with Gasteiger partial charge >= 0.3 is 0 Å². The maximum atomic E-state index is 13.2. The quantitative estimate of drug-likeness (QED) is 0.520. The average molecular weight is 513 g/mol. The van der Waals surface area contributed by atoms with Gasteiger partial charge in [-0.1, -0.05) is 24.6 Å². The molecule has 2 aliphatic heterocycles. The molecule has 0 radical (unpaired) electrons. The number of carbonyl (C=O) groups excluding carboxylic acids is 2. The topological polar surface area (TPSA) is 43.9 Å². The van der Waals surface area contributed by atoms with E-state index >= 15 is 0 Å². The van der Waals surface area contributed by atoms with E-state index < -0.39 is 0 Å². The highest BCUT2D eigenvalue weighted by atomic mass is 35.5. The molecule has 2 amide bonds. The summed E-state index contributed by atoms with van der Waals surface area (Å²) in [7, 11) is 2.20. The Morgan fingerprint density at radius 2 is 1.70 bits per heavy atom. The first-order chi connectivity index (χ1) is 15.4. The largest absolute Gasteiger partial charge is 0.341 e. The van der Waals surface area contributed by atoms with E-state index in [9.17, 15) is 9.59 Å². The molecule has 2 aromatic rings. The molecule has 5 nitrogen and oxygen atoms in total. The minimum absolute atomic E-state index is 0. The van der Waals surface area contributed by atoms with Crippen molar-refractivity contribution in [1.82, 2.24) is 14.7 Å². The van der Waals surface area contributed by atoms with Gasteiger partial charge in [0.05, 0.1) is 4.88 Å². The van der Waals surface area contributed by atoms with Gasteiger partial charge in [0.25, 0.3) is 5.91 Å². The molecule has 3 heterocycles. The summed E-state index contributed by atoms with van der Waals surface area (Å²) < 4.78 is 1.000. The van der Waals surface area contributed by atoms with Crippen molar-refractivity contribution in [3.05, 3.63) is 34.2 Å². The number of rotatable bonds is 6. The van der Waals surface area contributed by atoms with E-state index in [2.05, 4.69) is 11.9 Å². The fourth-order valence-electron chi connectivity index (χ4n) is 5.17. The number of hydrogen-bond acceptors (Lipinski definition) is 4. The van der Waals surface area contributed by atoms with Crippen LogP contribution >= 0.6 is 35.3 Å². The Bertz CT molecular complexity index is 950. The number of fused-ring (bicyclic) bond motifs is 1. The second-order valence-electron chi connectivity index (χ2n) is 9.38. The molecule has 0 spiro atoms. The summed E-state index contributed by atoms with van der Waals surface area (Å²) in [4.78, 5) is 33.1. The third-order valence-electron chi connectivity index (χ3n) is 7.12. The monoisotopic (exact) mass is 511 g/mol. The zero-order chi connectivity index (χ0) is 22.7.